The molecule has 1 aliphatic heterocycles. The fourth-order valence-corrected chi connectivity index (χ4v) is 4.18. The Kier molecular flexibility index (Phi) is 3.82. The van der Waals surface area contributed by atoms with Crippen molar-refractivity contribution in [1.29, 1.82) is 0 Å². The number of benzene rings is 1. The number of rotatable bonds is 4. The summed E-state index contributed by atoms with van der Waals surface area (Å²) < 4.78 is 5.34. The van der Waals surface area contributed by atoms with Crippen LogP contribution < -0.4 is 4.74 Å². The highest BCUT2D eigenvalue weighted by Gasteiger charge is 2.56. The van der Waals surface area contributed by atoms with E-state index in [1.807, 2.05) is 6.92 Å². The minimum atomic E-state index is -0.257. The van der Waals surface area contributed by atoms with Crippen LogP contribution in [0.5, 0.6) is 11.5 Å². The quantitative estimate of drug-likeness (QED) is 0.518. The largest absolute Gasteiger partial charge is 0.504 e. The predicted octanol–water partition coefficient (Wildman–Crippen LogP) is 2.32. The van der Waals surface area contributed by atoms with Crippen LogP contribution in [-0.4, -0.2) is 34.8 Å². The van der Waals surface area contributed by atoms with Crippen LogP contribution in [0.2, 0.25) is 0 Å². The molecule has 6 nitrogen and oxygen atoms in total. The summed E-state index contributed by atoms with van der Waals surface area (Å²) in [5, 5.41) is 14.9. The van der Waals surface area contributed by atoms with Crippen molar-refractivity contribution in [2.24, 2.45) is 28.8 Å². The summed E-state index contributed by atoms with van der Waals surface area (Å²) in [6, 6.07) is 4.79. The molecule has 4 aliphatic rings. The lowest BCUT2D eigenvalue weighted by Gasteiger charge is -2.37. The van der Waals surface area contributed by atoms with E-state index in [4.69, 9.17) is 4.74 Å². The molecule has 1 saturated heterocycles. The van der Waals surface area contributed by atoms with E-state index < -0.39 is 0 Å². The molecule has 4 unspecified atom stereocenters. The monoisotopic (exact) mass is 340 g/mol. The smallest absolute Gasteiger partial charge is 0.254 e. The zero-order valence-corrected chi connectivity index (χ0v) is 14.0. The van der Waals surface area contributed by atoms with E-state index in [1.165, 1.54) is 12.3 Å². The second-order valence-electron chi connectivity index (χ2n) is 6.73. The Morgan fingerprint density at radius 2 is 1.84 bits per heavy atom. The molecule has 1 heterocycles. The molecule has 0 spiro atoms. The molecule has 1 N–H and O–H groups in total. The first kappa shape index (κ1) is 15.9. The topological polar surface area (TPSA) is 79.2 Å². The van der Waals surface area contributed by atoms with Crippen molar-refractivity contribution in [3.63, 3.8) is 0 Å². The standard InChI is InChI=1S/C19H20N2O4/c1-2-25-15-9-11(3-8-14(15)22)10-20-21-18(23)16-12-4-5-13(7-6-12)17(16)19(21)24/h3-5,8-10,12-13,16-17,22H,2,6-7H2,1H3. The number of carbonyl (C=O) groups is 2. The maximum atomic E-state index is 12.7. The van der Waals surface area contributed by atoms with Gasteiger partial charge in [0.2, 0.25) is 0 Å². The molecule has 1 aromatic rings. The van der Waals surface area contributed by atoms with Crippen LogP contribution in [-0.2, 0) is 9.59 Å². The first-order chi connectivity index (χ1) is 12.1. The Labute approximate surface area is 145 Å². The van der Waals surface area contributed by atoms with Crippen LogP contribution in [0, 0.1) is 23.7 Å². The number of hydrogen-bond acceptors (Lipinski definition) is 5. The molecular formula is C19H20N2O4. The second-order valence-corrected chi connectivity index (χ2v) is 6.73. The van der Waals surface area contributed by atoms with E-state index in [9.17, 15) is 14.7 Å². The number of phenolic OH excluding ortho intramolecular Hbond substituents is 1. The summed E-state index contributed by atoms with van der Waals surface area (Å²) in [5.74, 6) is -0.209. The zero-order chi connectivity index (χ0) is 17.6. The molecule has 5 rings (SSSR count). The molecule has 25 heavy (non-hydrogen) atoms. The van der Waals surface area contributed by atoms with Crippen LogP contribution in [0.25, 0.3) is 0 Å². The number of fused-ring (bicyclic) bond motifs is 1. The molecular weight excluding hydrogens is 320 g/mol. The number of nitrogens with zero attached hydrogens (tertiary/aromatic N) is 2. The Morgan fingerprint density at radius 1 is 1.20 bits per heavy atom. The van der Waals surface area contributed by atoms with Gasteiger partial charge in [0, 0.05) is 0 Å². The van der Waals surface area contributed by atoms with Crippen LogP contribution in [0.1, 0.15) is 25.3 Å². The fourth-order valence-electron chi connectivity index (χ4n) is 4.18. The summed E-state index contributed by atoms with van der Waals surface area (Å²) >= 11 is 0. The summed E-state index contributed by atoms with van der Waals surface area (Å²) in [7, 11) is 0. The van der Waals surface area contributed by atoms with Gasteiger partial charge in [-0.15, -0.1) is 0 Å². The SMILES string of the molecule is CCOc1cc(C=NN2C(=O)C3C4C=CC(CC4)C3C2=O)ccc1O. The first-order valence-corrected chi connectivity index (χ1v) is 8.66. The van der Waals surface area contributed by atoms with Gasteiger partial charge in [0.15, 0.2) is 11.5 Å². The third-order valence-electron chi connectivity index (χ3n) is 5.34. The van der Waals surface area contributed by atoms with E-state index in [-0.39, 0.29) is 41.2 Å². The molecule has 4 atom stereocenters. The lowest BCUT2D eigenvalue weighted by Crippen LogP contribution is -2.38. The lowest BCUT2D eigenvalue weighted by atomic mass is 9.63. The number of aromatic hydroxyl groups is 1. The van der Waals surface area contributed by atoms with Crippen molar-refractivity contribution in [3.8, 4) is 11.5 Å². The predicted molar refractivity (Wildman–Crippen MR) is 91.1 cm³/mol. The van der Waals surface area contributed by atoms with Gasteiger partial charge in [-0.2, -0.15) is 10.1 Å². The average molecular weight is 340 g/mol. The van der Waals surface area contributed by atoms with Gasteiger partial charge in [-0.05, 0) is 55.4 Å². The highest BCUT2D eigenvalue weighted by atomic mass is 16.5. The van der Waals surface area contributed by atoms with Crippen molar-refractivity contribution >= 4 is 18.0 Å². The Bertz CT molecular complexity index is 754. The van der Waals surface area contributed by atoms with Crippen LogP contribution in [0.3, 0.4) is 0 Å². The number of hydrazone groups is 1. The highest BCUT2D eigenvalue weighted by Crippen LogP contribution is 2.49. The van der Waals surface area contributed by atoms with Gasteiger partial charge >= 0.3 is 0 Å². The van der Waals surface area contributed by atoms with Gasteiger partial charge in [-0.1, -0.05) is 12.2 Å². The van der Waals surface area contributed by atoms with Crippen molar-refractivity contribution < 1.29 is 19.4 Å². The van der Waals surface area contributed by atoms with E-state index in [2.05, 4.69) is 17.3 Å². The summed E-state index contributed by atoms with van der Waals surface area (Å²) in [6.45, 7) is 2.25. The molecule has 3 aliphatic carbocycles. The number of imide groups is 1. The Hall–Kier alpha value is -2.63. The lowest BCUT2D eigenvalue weighted by molar-refractivity contribution is -0.140. The van der Waals surface area contributed by atoms with Crippen LogP contribution in [0.15, 0.2) is 35.5 Å². The van der Waals surface area contributed by atoms with Crippen LogP contribution >= 0.6 is 0 Å². The zero-order valence-electron chi connectivity index (χ0n) is 14.0. The number of amides is 2. The summed E-state index contributed by atoms with van der Waals surface area (Å²) in [5.41, 5.74) is 0.651. The van der Waals surface area contributed by atoms with Crippen LogP contribution in [0.4, 0.5) is 0 Å². The normalized spacial score (nSPS) is 30.4. The number of ether oxygens (including phenoxy) is 1. The minimum absolute atomic E-state index is 0.0426. The molecule has 6 heteroatoms. The van der Waals surface area contributed by atoms with E-state index in [1.54, 1.807) is 12.1 Å². The molecule has 2 bridgehead atoms. The molecule has 1 saturated carbocycles. The second kappa shape index (κ2) is 6.02. The van der Waals surface area contributed by atoms with Crippen molar-refractivity contribution in [1.82, 2.24) is 5.01 Å². The highest BCUT2D eigenvalue weighted by molar-refractivity contribution is 6.06. The molecule has 2 fully saturated rings. The van der Waals surface area contributed by atoms with Gasteiger partial charge in [-0.3, -0.25) is 9.59 Å². The van der Waals surface area contributed by atoms with Crippen molar-refractivity contribution in [3.05, 3.63) is 35.9 Å². The Morgan fingerprint density at radius 3 is 2.40 bits per heavy atom. The van der Waals surface area contributed by atoms with Gasteiger partial charge in [0.1, 0.15) is 0 Å². The van der Waals surface area contributed by atoms with Gasteiger partial charge in [0.05, 0.1) is 24.7 Å². The van der Waals surface area contributed by atoms with Gasteiger partial charge in [0.25, 0.3) is 11.8 Å². The Balaban J connectivity index is 1.57. The maximum absolute atomic E-state index is 12.7. The van der Waals surface area contributed by atoms with Crippen molar-refractivity contribution in [2.45, 2.75) is 19.8 Å². The summed E-state index contributed by atoms with van der Waals surface area (Å²) in [4.78, 5) is 25.4. The first-order valence-electron chi connectivity index (χ1n) is 8.66. The van der Waals surface area contributed by atoms with Gasteiger partial charge < -0.3 is 9.84 Å². The third-order valence-corrected chi connectivity index (χ3v) is 5.34. The molecule has 130 valence electrons. The molecule has 2 amide bonds. The third kappa shape index (κ3) is 2.52. The minimum Gasteiger partial charge on any atom is -0.504 e. The maximum Gasteiger partial charge on any atom is 0.254 e. The molecule has 0 aromatic heterocycles. The number of allylic oxidation sites excluding steroid dienone is 2. The van der Waals surface area contributed by atoms with E-state index >= 15 is 0 Å². The summed E-state index contributed by atoms with van der Waals surface area (Å²) in [6.07, 6.45) is 7.57. The number of carbonyl (C=O) groups excluding carboxylic acids is 2. The van der Waals surface area contributed by atoms with E-state index in [0.717, 1.165) is 17.9 Å². The van der Waals surface area contributed by atoms with Crippen molar-refractivity contribution in [2.75, 3.05) is 6.61 Å². The van der Waals surface area contributed by atoms with Gasteiger partial charge in [-0.25, -0.2) is 0 Å². The van der Waals surface area contributed by atoms with E-state index in [0.29, 0.717) is 17.9 Å². The fraction of sp³-hybridized carbons (Fsp3) is 0.421. The number of phenols is 1. The average Bonchev–Trinajstić information content (AvgIpc) is 2.90. The number of hydrogen-bond donors (Lipinski definition) is 1. The molecule has 0 radical (unpaired) electrons. The molecule has 1 aromatic carbocycles.